The van der Waals surface area contributed by atoms with Crippen molar-refractivity contribution in [1.29, 1.82) is 0 Å². The molecule has 2 unspecified atom stereocenters. The largest absolute Gasteiger partial charge is 0.416 e. The fourth-order valence-corrected chi connectivity index (χ4v) is 5.47. The van der Waals surface area contributed by atoms with E-state index in [1.54, 1.807) is 6.92 Å². The second kappa shape index (κ2) is 7.59. The van der Waals surface area contributed by atoms with Gasteiger partial charge in [-0.3, -0.25) is 4.90 Å². The van der Waals surface area contributed by atoms with Crippen molar-refractivity contribution in [2.75, 3.05) is 13.1 Å². The lowest BCUT2D eigenvalue weighted by Gasteiger charge is -2.40. The van der Waals surface area contributed by atoms with Crippen LogP contribution in [0.1, 0.15) is 60.2 Å². The Kier molecular flexibility index (Phi) is 5.09. The molecule has 1 N–H and O–H groups in total. The van der Waals surface area contributed by atoms with Crippen LogP contribution in [0.3, 0.4) is 0 Å². The van der Waals surface area contributed by atoms with Gasteiger partial charge in [0.15, 0.2) is 0 Å². The third-order valence-electron chi connectivity index (χ3n) is 7.07. The maximum absolute atomic E-state index is 13.0. The number of nitrogens with zero attached hydrogens (tertiary/aromatic N) is 3. The summed E-state index contributed by atoms with van der Waals surface area (Å²) in [5, 5.41) is 12.5. The minimum Gasteiger partial charge on any atom is -0.384 e. The normalized spacial score (nSPS) is 21.2. The molecule has 0 amide bonds. The molecule has 2 atom stereocenters. The Morgan fingerprint density at radius 2 is 1.81 bits per heavy atom. The molecule has 1 fully saturated rings. The fraction of sp³-hybridized carbons (Fsp3) is 0.480. The molecule has 4 heterocycles. The summed E-state index contributed by atoms with van der Waals surface area (Å²) in [5.74, 6) is 0. The van der Waals surface area contributed by atoms with Gasteiger partial charge in [0, 0.05) is 36.3 Å². The molecule has 0 aliphatic carbocycles. The molecule has 5 rings (SSSR count). The zero-order chi connectivity index (χ0) is 22.7. The molecule has 2 aliphatic heterocycles. The van der Waals surface area contributed by atoms with Crippen molar-refractivity contribution in [3.8, 4) is 0 Å². The molecule has 7 heteroatoms. The lowest BCUT2D eigenvalue weighted by molar-refractivity contribution is -0.137. The molecule has 4 nitrogen and oxygen atoms in total. The van der Waals surface area contributed by atoms with E-state index in [9.17, 15) is 18.3 Å². The molecule has 0 bridgehead atoms. The molecule has 0 spiro atoms. The van der Waals surface area contributed by atoms with Crippen molar-refractivity contribution in [2.24, 2.45) is 0 Å². The average Bonchev–Trinajstić information content (AvgIpc) is 3.06. The number of halogens is 3. The van der Waals surface area contributed by atoms with E-state index in [1.165, 1.54) is 36.2 Å². The number of aryl methyl sites for hydroxylation is 1. The van der Waals surface area contributed by atoms with Gasteiger partial charge in [-0.1, -0.05) is 18.6 Å². The number of hydrogen-bond donors (Lipinski definition) is 1. The van der Waals surface area contributed by atoms with Gasteiger partial charge in [-0.2, -0.15) is 13.2 Å². The standard InChI is InChI=1S/C25H28F3N3O/c1-16-13-19-22-20-5-3-4-11-30(20)12-10-21(22)31(23(19)29-14-16)15-24(2,32)17-6-8-18(9-7-17)25(26,27)28/h6-9,13-14,20,32H,3-5,10-12,15H2,1-2H3. The van der Waals surface area contributed by atoms with Gasteiger partial charge in [0.05, 0.1) is 12.1 Å². The first kappa shape index (κ1) is 21.5. The van der Waals surface area contributed by atoms with Crippen molar-refractivity contribution in [3.05, 3.63) is 64.5 Å². The summed E-state index contributed by atoms with van der Waals surface area (Å²) in [7, 11) is 0. The van der Waals surface area contributed by atoms with Crippen molar-refractivity contribution < 1.29 is 18.3 Å². The van der Waals surface area contributed by atoms with Crippen LogP contribution in [0.15, 0.2) is 36.5 Å². The second-order valence-electron chi connectivity index (χ2n) is 9.48. The highest BCUT2D eigenvalue weighted by Crippen LogP contribution is 2.43. The number of aromatic nitrogens is 2. The predicted molar refractivity (Wildman–Crippen MR) is 117 cm³/mol. The smallest absolute Gasteiger partial charge is 0.384 e. The average molecular weight is 444 g/mol. The van der Waals surface area contributed by atoms with E-state index in [-0.39, 0.29) is 6.54 Å². The lowest BCUT2D eigenvalue weighted by Crippen LogP contribution is -2.39. The number of piperidine rings is 1. The van der Waals surface area contributed by atoms with E-state index >= 15 is 0 Å². The van der Waals surface area contributed by atoms with Gasteiger partial charge in [0.2, 0.25) is 0 Å². The Morgan fingerprint density at radius 3 is 2.53 bits per heavy atom. The molecule has 2 aliphatic rings. The van der Waals surface area contributed by atoms with Crippen molar-refractivity contribution in [2.45, 2.75) is 63.9 Å². The number of benzene rings is 1. The van der Waals surface area contributed by atoms with Crippen LogP contribution in [0.25, 0.3) is 11.0 Å². The SMILES string of the molecule is Cc1cnc2c(c1)c1c(n2CC(C)(O)c2ccc(C(F)(F)F)cc2)CCN2CCCCC12. The van der Waals surface area contributed by atoms with E-state index in [4.69, 9.17) is 4.98 Å². The van der Waals surface area contributed by atoms with Gasteiger partial charge < -0.3 is 9.67 Å². The highest BCUT2D eigenvalue weighted by atomic mass is 19.4. The fourth-order valence-electron chi connectivity index (χ4n) is 5.47. The first-order valence-corrected chi connectivity index (χ1v) is 11.3. The van der Waals surface area contributed by atoms with Crippen LogP contribution in [0.2, 0.25) is 0 Å². The van der Waals surface area contributed by atoms with E-state index < -0.39 is 17.3 Å². The number of fused-ring (bicyclic) bond motifs is 5. The summed E-state index contributed by atoms with van der Waals surface area (Å²) >= 11 is 0. The van der Waals surface area contributed by atoms with Crippen molar-refractivity contribution >= 4 is 11.0 Å². The molecule has 170 valence electrons. The summed E-state index contributed by atoms with van der Waals surface area (Å²) in [6, 6.07) is 7.38. The minimum absolute atomic E-state index is 0.243. The van der Waals surface area contributed by atoms with Crippen molar-refractivity contribution in [3.63, 3.8) is 0 Å². The Bertz CT molecular complexity index is 1150. The van der Waals surface area contributed by atoms with Crippen LogP contribution >= 0.6 is 0 Å². The van der Waals surface area contributed by atoms with Gasteiger partial charge in [-0.15, -0.1) is 0 Å². The maximum atomic E-state index is 13.0. The van der Waals surface area contributed by atoms with Gasteiger partial charge in [0.25, 0.3) is 0 Å². The third kappa shape index (κ3) is 3.61. The Labute approximate surface area is 185 Å². The first-order valence-electron chi connectivity index (χ1n) is 11.3. The lowest BCUT2D eigenvalue weighted by atomic mass is 9.89. The summed E-state index contributed by atoms with van der Waals surface area (Å²) < 4.78 is 41.0. The maximum Gasteiger partial charge on any atom is 0.416 e. The predicted octanol–water partition coefficient (Wildman–Crippen LogP) is 5.35. The molecule has 0 saturated carbocycles. The van der Waals surface area contributed by atoms with E-state index in [2.05, 4.69) is 15.5 Å². The zero-order valence-electron chi connectivity index (χ0n) is 18.4. The third-order valence-corrected chi connectivity index (χ3v) is 7.07. The van der Waals surface area contributed by atoms with Crippen LogP contribution in [0.4, 0.5) is 13.2 Å². The van der Waals surface area contributed by atoms with Gasteiger partial charge in [-0.05, 0) is 68.1 Å². The van der Waals surface area contributed by atoms with Crippen LogP contribution in [0, 0.1) is 6.92 Å². The molecule has 1 saturated heterocycles. The summed E-state index contributed by atoms with van der Waals surface area (Å²) in [5.41, 5.74) is 2.89. The zero-order valence-corrected chi connectivity index (χ0v) is 18.4. The number of rotatable bonds is 3. The number of aliphatic hydroxyl groups is 1. The van der Waals surface area contributed by atoms with Gasteiger partial charge in [-0.25, -0.2) is 4.98 Å². The topological polar surface area (TPSA) is 41.3 Å². The first-order chi connectivity index (χ1) is 15.1. The number of pyridine rings is 1. The van der Waals surface area contributed by atoms with E-state index in [0.717, 1.165) is 54.7 Å². The van der Waals surface area contributed by atoms with Crippen LogP contribution in [0.5, 0.6) is 0 Å². The molecule has 0 radical (unpaired) electrons. The molecule has 2 aromatic heterocycles. The van der Waals surface area contributed by atoms with E-state index in [1.807, 2.05) is 13.1 Å². The highest BCUT2D eigenvalue weighted by Gasteiger charge is 2.36. The van der Waals surface area contributed by atoms with Crippen LogP contribution in [-0.2, 0) is 24.7 Å². The summed E-state index contributed by atoms with van der Waals surface area (Å²) in [6.45, 7) is 6.04. The molecular formula is C25H28F3N3O. The Morgan fingerprint density at radius 1 is 1.09 bits per heavy atom. The van der Waals surface area contributed by atoms with Gasteiger partial charge in [0.1, 0.15) is 11.2 Å². The summed E-state index contributed by atoms with van der Waals surface area (Å²) in [4.78, 5) is 7.29. The monoisotopic (exact) mass is 443 g/mol. The number of hydrogen-bond acceptors (Lipinski definition) is 3. The Balaban J connectivity index is 1.57. The Hall–Kier alpha value is -2.38. The number of alkyl halides is 3. The van der Waals surface area contributed by atoms with Gasteiger partial charge >= 0.3 is 6.18 Å². The quantitative estimate of drug-likeness (QED) is 0.593. The van der Waals surface area contributed by atoms with Crippen LogP contribution < -0.4 is 0 Å². The highest BCUT2D eigenvalue weighted by molar-refractivity contribution is 5.84. The minimum atomic E-state index is -4.40. The second-order valence-corrected chi connectivity index (χ2v) is 9.48. The summed E-state index contributed by atoms with van der Waals surface area (Å²) in [6.07, 6.45) is 1.88. The van der Waals surface area contributed by atoms with E-state index in [0.29, 0.717) is 11.6 Å². The molecule has 3 aromatic rings. The molecule has 1 aromatic carbocycles. The van der Waals surface area contributed by atoms with Crippen LogP contribution in [-0.4, -0.2) is 32.6 Å². The van der Waals surface area contributed by atoms with Crippen molar-refractivity contribution in [1.82, 2.24) is 14.5 Å². The molecular weight excluding hydrogens is 415 g/mol. The molecule has 32 heavy (non-hydrogen) atoms.